The van der Waals surface area contributed by atoms with Crippen LogP contribution in [0.1, 0.15) is 18.5 Å². The number of urea groups is 1. The largest absolute Gasteiger partial charge is 0.487 e. The summed E-state index contributed by atoms with van der Waals surface area (Å²) in [6.45, 7) is 1.65. The van der Waals surface area contributed by atoms with Crippen LogP contribution in [0.5, 0.6) is 5.75 Å². The van der Waals surface area contributed by atoms with Crippen LogP contribution in [0.3, 0.4) is 0 Å². The lowest BCUT2D eigenvalue weighted by atomic mass is 9.94. The lowest BCUT2D eigenvalue weighted by Crippen LogP contribution is -2.48. The average molecular weight is 402 g/mol. The molecule has 1 atom stereocenters. The van der Waals surface area contributed by atoms with Gasteiger partial charge in [0.2, 0.25) is 0 Å². The number of ether oxygens (including phenoxy) is 2. The molecule has 0 bridgehead atoms. The molecule has 0 saturated carbocycles. The Morgan fingerprint density at radius 2 is 1.86 bits per heavy atom. The number of carbonyl (C=O) groups is 2. The summed E-state index contributed by atoms with van der Waals surface area (Å²) in [5, 5.41) is 2.69. The van der Waals surface area contributed by atoms with E-state index in [2.05, 4.69) is 5.32 Å². The molecule has 0 unspecified atom stereocenters. The van der Waals surface area contributed by atoms with Crippen molar-refractivity contribution < 1.29 is 27.8 Å². The molecule has 1 heterocycles. The number of hydrogen-bond donors (Lipinski definition) is 1. The Morgan fingerprint density at radius 1 is 1.14 bits per heavy atom. The van der Waals surface area contributed by atoms with Crippen LogP contribution in [0.15, 0.2) is 59.8 Å². The van der Waals surface area contributed by atoms with Gasteiger partial charge in [0, 0.05) is 7.05 Å². The summed E-state index contributed by atoms with van der Waals surface area (Å²) < 4.78 is 37.7. The maximum atomic E-state index is 13.8. The monoisotopic (exact) mass is 402 g/mol. The Morgan fingerprint density at radius 3 is 2.52 bits per heavy atom. The van der Waals surface area contributed by atoms with E-state index in [4.69, 9.17) is 9.47 Å². The molecule has 1 N–H and O–H groups in total. The standard InChI is InChI=1S/C21H20F2N2O4/c1-3-28-20(26)18-17(12-29-16-9-7-14(22)8-10-16)25(2)21(27)24-19(18)13-5-4-6-15(23)11-13/h4-11,19H,3,12H2,1-2H3,(H,24,27)/t19-/m0/s1. The minimum atomic E-state index is -0.903. The predicted molar refractivity (Wildman–Crippen MR) is 101 cm³/mol. The van der Waals surface area contributed by atoms with Crippen LogP contribution in [-0.4, -0.2) is 37.2 Å². The molecule has 152 valence electrons. The van der Waals surface area contributed by atoms with Gasteiger partial charge < -0.3 is 14.8 Å². The Balaban J connectivity index is 2.02. The third-order valence-electron chi connectivity index (χ3n) is 4.44. The number of likely N-dealkylation sites (N-methyl/N-ethyl adjacent to an activating group) is 1. The van der Waals surface area contributed by atoms with Gasteiger partial charge in [-0.2, -0.15) is 0 Å². The summed E-state index contributed by atoms with van der Waals surface area (Å²) in [5.41, 5.74) is 0.807. The minimum absolute atomic E-state index is 0.127. The van der Waals surface area contributed by atoms with Gasteiger partial charge in [-0.1, -0.05) is 12.1 Å². The zero-order valence-corrected chi connectivity index (χ0v) is 15.9. The normalized spacial score (nSPS) is 16.5. The van der Waals surface area contributed by atoms with E-state index in [9.17, 15) is 18.4 Å². The van der Waals surface area contributed by atoms with E-state index in [0.717, 1.165) is 0 Å². The van der Waals surface area contributed by atoms with Gasteiger partial charge in [-0.25, -0.2) is 18.4 Å². The highest BCUT2D eigenvalue weighted by atomic mass is 19.1. The Kier molecular flexibility index (Phi) is 6.11. The Bertz CT molecular complexity index is 944. The minimum Gasteiger partial charge on any atom is -0.487 e. The fraction of sp³-hybridized carbons (Fsp3) is 0.238. The lowest BCUT2D eigenvalue weighted by molar-refractivity contribution is -0.139. The third kappa shape index (κ3) is 4.53. The van der Waals surface area contributed by atoms with Crippen molar-refractivity contribution in [2.45, 2.75) is 13.0 Å². The van der Waals surface area contributed by atoms with E-state index < -0.39 is 29.7 Å². The van der Waals surface area contributed by atoms with Crippen molar-refractivity contribution in [1.29, 1.82) is 0 Å². The van der Waals surface area contributed by atoms with E-state index in [0.29, 0.717) is 11.3 Å². The number of amides is 2. The number of halogens is 2. The van der Waals surface area contributed by atoms with Crippen molar-refractivity contribution >= 4 is 12.0 Å². The number of carbonyl (C=O) groups excluding carboxylic acids is 2. The molecule has 0 spiro atoms. The molecule has 8 heteroatoms. The van der Waals surface area contributed by atoms with Crippen LogP contribution in [0.4, 0.5) is 13.6 Å². The molecule has 2 aromatic carbocycles. The second kappa shape index (κ2) is 8.72. The van der Waals surface area contributed by atoms with Crippen molar-refractivity contribution in [2.75, 3.05) is 20.3 Å². The molecule has 0 aliphatic carbocycles. The van der Waals surface area contributed by atoms with Gasteiger partial charge in [0.25, 0.3) is 0 Å². The molecule has 0 aromatic heterocycles. The number of rotatable bonds is 6. The van der Waals surface area contributed by atoms with Crippen LogP contribution in [0.2, 0.25) is 0 Å². The van der Waals surface area contributed by atoms with E-state index in [1.165, 1.54) is 54.4 Å². The van der Waals surface area contributed by atoms with Crippen LogP contribution < -0.4 is 10.1 Å². The van der Waals surface area contributed by atoms with Crippen molar-refractivity contribution in [3.8, 4) is 5.75 Å². The first kappa shape index (κ1) is 20.3. The van der Waals surface area contributed by atoms with Crippen molar-refractivity contribution in [2.24, 2.45) is 0 Å². The smallest absolute Gasteiger partial charge is 0.338 e. The highest BCUT2D eigenvalue weighted by molar-refractivity contribution is 5.95. The quantitative estimate of drug-likeness (QED) is 0.751. The zero-order chi connectivity index (χ0) is 21.0. The second-order valence-electron chi connectivity index (χ2n) is 6.32. The van der Waals surface area contributed by atoms with Gasteiger partial charge in [0.05, 0.1) is 23.9 Å². The molecule has 6 nitrogen and oxygen atoms in total. The van der Waals surface area contributed by atoms with Crippen LogP contribution >= 0.6 is 0 Å². The van der Waals surface area contributed by atoms with Gasteiger partial charge in [-0.05, 0) is 48.9 Å². The second-order valence-corrected chi connectivity index (χ2v) is 6.32. The number of benzene rings is 2. The molecule has 29 heavy (non-hydrogen) atoms. The molecule has 2 aromatic rings. The van der Waals surface area contributed by atoms with Crippen LogP contribution in [-0.2, 0) is 9.53 Å². The van der Waals surface area contributed by atoms with Gasteiger partial charge in [0.15, 0.2) is 0 Å². The molecular weight excluding hydrogens is 382 g/mol. The fourth-order valence-corrected chi connectivity index (χ4v) is 3.00. The van der Waals surface area contributed by atoms with Crippen molar-refractivity contribution in [3.63, 3.8) is 0 Å². The molecular formula is C21H20F2N2O4. The lowest BCUT2D eigenvalue weighted by Gasteiger charge is -2.34. The van der Waals surface area contributed by atoms with Crippen molar-refractivity contribution in [1.82, 2.24) is 10.2 Å². The summed E-state index contributed by atoms with van der Waals surface area (Å²) in [6.07, 6.45) is 0. The molecule has 1 aliphatic rings. The topological polar surface area (TPSA) is 67.9 Å². The molecule has 3 rings (SSSR count). The highest BCUT2D eigenvalue weighted by Crippen LogP contribution is 2.31. The molecule has 0 radical (unpaired) electrons. The molecule has 0 fully saturated rings. The fourth-order valence-electron chi connectivity index (χ4n) is 3.00. The zero-order valence-electron chi connectivity index (χ0n) is 15.9. The molecule has 2 amide bonds. The van der Waals surface area contributed by atoms with Crippen LogP contribution in [0.25, 0.3) is 0 Å². The Labute approximate surface area is 166 Å². The van der Waals surface area contributed by atoms with E-state index in [-0.39, 0.29) is 24.5 Å². The van der Waals surface area contributed by atoms with E-state index >= 15 is 0 Å². The maximum absolute atomic E-state index is 13.8. The first-order chi connectivity index (χ1) is 13.9. The SMILES string of the molecule is CCOC(=O)C1=C(COc2ccc(F)cc2)N(C)C(=O)N[C@H]1c1cccc(F)c1. The third-order valence-corrected chi connectivity index (χ3v) is 4.44. The Hall–Kier alpha value is -3.42. The van der Waals surface area contributed by atoms with Crippen molar-refractivity contribution in [3.05, 3.63) is 77.0 Å². The summed E-state index contributed by atoms with van der Waals surface area (Å²) in [5.74, 6) is -1.19. The number of nitrogens with one attached hydrogen (secondary N) is 1. The molecule has 1 aliphatic heterocycles. The summed E-state index contributed by atoms with van der Waals surface area (Å²) in [7, 11) is 1.49. The summed E-state index contributed by atoms with van der Waals surface area (Å²) in [6, 6.07) is 9.58. The number of hydrogen-bond acceptors (Lipinski definition) is 4. The number of esters is 1. The van der Waals surface area contributed by atoms with Gasteiger partial charge >= 0.3 is 12.0 Å². The van der Waals surface area contributed by atoms with Gasteiger partial charge in [-0.15, -0.1) is 0 Å². The molecule has 0 saturated heterocycles. The average Bonchev–Trinajstić information content (AvgIpc) is 2.70. The maximum Gasteiger partial charge on any atom is 0.338 e. The van der Waals surface area contributed by atoms with Gasteiger partial charge in [-0.3, -0.25) is 4.90 Å². The van der Waals surface area contributed by atoms with E-state index in [1.54, 1.807) is 13.0 Å². The highest BCUT2D eigenvalue weighted by Gasteiger charge is 2.37. The predicted octanol–water partition coefficient (Wildman–Crippen LogP) is 3.56. The van der Waals surface area contributed by atoms with E-state index in [1.807, 2.05) is 0 Å². The van der Waals surface area contributed by atoms with Gasteiger partial charge in [0.1, 0.15) is 24.0 Å². The van der Waals surface area contributed by atoms with Crippen LogP contribution in [0, 0.1) is 11.6 Å². The first-order valence-electron chi connectivity index (χ1n) is 8.99. The number of nitrogens with zero attached hydrogens (tertiary/aromatic N) is 1. The first-order valence-corrected chi connectivity index (χ1v) is 8.99. The summed E-state index contributed by atoms with van der Waals surface area (Å²) >= 11 is 0. The summed E-state index contributed by atoms with van der Waals surface area (Å²) in [4.78, 5) is 26.5.